The molecule has 0 aliphatic carbocycles. The molecule has 0 heterocycles. The molecule has 1 aromatic rings. The minimum Gasteiger partial charge on any atom is -0.480 e. The Morgan fingerprint density at radius 2 is 2.06 bits per heavy atom. The fraction of sp³-hybridized carbons (Fsp3) is 0.273. The maximum atomic E-state index is 11.3. The van der Waals surface area contributed by atoms with E-state index in [9.17, 15) is 19.7 Å². The van der Waals surface area contributed by atoms with Crippen LogP contribution in [0, 0.1) is 10.1 Å². The molecule has 96 valence electrons. The smallest absolute Gasteiger partial charge is 0.325 e. The maximum absolute atomic E-state index is 11.3. The van der Waals surface area contributed by atoms with Crippen LogP contribution >= 0.6 is 0 Å². The van der Waals surface area contributed by atoms with Gasteiger partial charge in [-0.15, -0.1) is 0 Å². The first-order valence-corrected chi connectivity index (χ1v) is 5.11. The van der Waals surface area contributed by atoms with Crippen LogP contribution in [0.15, 0.2) is 18.2 Å². The molecule has 7 heteroatoms. The summed E-state index contributed by atoms with van der Waals surface area (Å²) in [4.78, 5) is 32.0. The molecule has 1 atom stereocenters. The van der Waals surface area contributed by atoms with Gasteiger partial charge >= 0.3 is 5.97 Å². The van der Waals surface area contributed by atoms with Crippen LogP contribution in [0.25, 0.3) is 0 Å². The Hall–Kier alpha value is -2.44. The van der Waals surface area contributed by atoms with E-state index in [1.165, 1.54) is 32.0 Å². The first-order valence-electron chi connectivity index (χ1n) is 5.11. The van der Waals surface area contributed by atoms with Gasteiger partial charge in [0.1, 0.15) is 6.04 Å². The fourth-order valence-electron chi connectivity index (χ4n) is 1.38. The van der Waals surface area contributed by atoms with E-state index in [0.29, 0.717) is 5.69 Å². The van der Waals surface area contributed by atoms with E-state index in [2.05, 4.69) is 5.32 Å². The van der Waals surface area contributed by atoms with Gasteiger partial charge in [-0.05, 0) is 26.0 Å². The molecule has 0 saturated carbocycles. The second-order valence-electron chi connectivity index (χ2n) is 3.75. The van der Waals surface area contributed by atoms with Crippen LogP contribution in [-0.4, -0.2) is 27.8 Å². The van der Waals surface area contributed by atoms with Crippen LogP contribution in [0.2, 0.25) is 0 Å². The lowest BCUT2D eigenvalue weighted by Gasteiger charge is -2.11. The molecular formula is C11H12N2O5. The number of carboxylic acids is 1. The SMILES string of the molecule is CC(=O)c1cc(NC(C)C(=O)O)ccc1[N+](=O)[O-]. The number of carbonyl (C=O) groups is 2. The lowest BCUT2D eigenvalue weighted by molar-refractivity contribution is -0.385. The van der Waals surface area contributed by atoms with E-state index >= 15 is 0 Å². The zero-order valence-electron chi connectivity index (χ0n) is 9.84. The number of Topliss-reactive ketones (excluding diaryl/α,β-unsaturated/α-hetero) is 1. The van der Waals surface area contributed by atoms with Crippen molar-refractivity contribution in [2.45, 2.75) is 19.9 Å². The Morgan fingerprint density at radius 1 is 1.44 bits per heavy atom. The molecule has 0 spiro atoms. The Balaban J connectivity index is 3.11. The zero-order chi connectivity index (χ0) is 13.9. The third-order valence-corrected chi connectivity index (χ3v) is 2.33. The number of hydrogen-bond donors (Lipinski definition) is 2. The van der Waals surface area contributed by atoms with Gasteiger partial charge in [-0.3, -0.25) is 19.7 Å². The molecule has 0 fully saturated rings. The minimum absolute atomic E-state index is 0.0532. The molecule has 0 radical (unpaired) electrons. The number of rotatable bonds is 5. The van der Waals surface area contributed by atoms with Crippen molar-refractivity contribution in [3.63, 3.8) is 0 Å². The third-order valence-electron chi connectivity index (χ3n) is 2.33. The quantitative estimate of drug-likeness (QED) is 0.468. The van der Waals surface area contributed by atoms with Crippen molar-refractivity contribution >= 4 is 23.1 Å². The molecule has 0 aromatic heterocycles. The van der Waals surface area contributed by atoms with Crippen LogP contribution < -0.4 is 5.32 Å². The van der Waals surface area contributed by atoms with E-state index in [-0.39, 0.29) is 11.3 Å². The largest absolute Gasteiger partial charge is 0.480 e. The standard InChI is InChI=1S/C11H12N2O5/c1-6(11(15)16)12-8-3-4-10(13(17)18)9(5-8)7(2)14/h3-6,12H,1-2H3,(H,15,16). The van der Waals surface area contributed by atoms with Crippen LogP contribution in [-0.2, 0) is 4.79 Å². The fourth-order valence-corrected chi connectivity index (χ4v) is 1.38. The van der Waals surface area contributed by atoms with Crippen molar-refractivity contribution in [1.82, 2.24) is 0 Å². The van der Waals surface area contributed by atoms with Crippen molar-refractivity contribution in [2.24, 2.45) is 0 Å². The summed E-state index contributed by atoms with van der Waals surface area (Å²) >= 11 is 0. The number of nitro groups is 1. The van der Waals surface area contributed by atoms with Crippen molar-refractivity contribution in [3.8, 4) is 0 Å². The highest BCUT2D eigenvalue weighted by molar-refractivity contribution is 5.99. The molecule has 0 aliphatic rings. The van der Waals surface area contributed by atoms with E-state index in [4.69, 9.17) is 5.11 Å². The Kier molecular flexibility index (Phi) is 3.98. The summed E-state index contributed by atoms with van der Waals surface area (Å²) in [5, 5.41) is 22.1. The number of benzene rings is 1. The van der Waals surface area contributed by atoms with E-state index in [1.807, 2.05) is 0 Å². The zero-order valence-corrected chi connectivity index (χ0v) is 9.84. The average Bonchev–Trinajstić information content (AvgIpc) is 2.28. The van der Waals surface area contributed by atoms with Crippen molar-refractivity contribution in [1.29, 1.82) is 0 Å². The highest BCUT2D eigenvalue weighted by atomic mass is 16.6. The maximum Gasteiger partial charge on any atom is 0.325 e. The normalized spacial score (nSPS) is 11.7. The number of ketones is 1. The molecule has 7 nitrogen and oxygen atoms in total. The number of carboxylic acid groups (broad SMARTS) is 1. The first kappa shape index (κ1) is 13.6. The second kappa shape index (κ2) is 5.26. The van der Waals surface area contributed by atoms with Gasteiger partial charge in [0.25, 0.3) is 5.69 Å². The molecular weight excluding hydrogens is 240 g/mol. The average molecular weight is 252 g/mol. The number of nitrogens with one attached hydrogen (secondary N) is 1. The topological polar surface area (TPSA) is 110 Å². The van der Waals surface area contributed by atoms with Gasteiger partial charge < -0.3 is 10.4 Å². The number of aliphatic carboxylic acids is 1. The highest BCUT2D eigenvalue weighted by Gasteiger charge is 2.19. The third kappa shape index (κ3) is 3.03. The number of nitrogens with zero attached hydrogens (tertiary/aromatic N) is 1. The molecule has 1 aromatic carbocycles. The van der Waals surface area contributed by atoms with Crippen LogP contribution in [0.3, 0.4) is 0 Å². The molecule has 0 amide bonds. The van der Waals surface area contributed by atoms with Gasteiger partial charge in [0.05, 0.1) is 10.5 Å². The number of anilines is 1. The summed E-state index contributed by atoms with van der Waals surface area (Å²) in [6.45, 7) is 2.64. The molecule has 2 N–H and O–H groups in total. The number of nitro benzene ring substituents is 1. The molecule has 18 heavy (non-hydrogen) atoms. The van der Waals surface area contributed by atoms with Gasteiger partial charge in [-0.2, -0.15) is 0 Å². The number of hydrogen-bond acceptors (Lipinski definition) is 5. The Bertz CT molecular complexity index is 512. The van der Waals surface area contributed by atoms with Crippen LogP contribution in [0.4, 0.5) is 11.4 Å². The molecule has 1 unspecified atom stereocenters. The van der Waals surface area contributed by atoms with Gasteiger partial charge in [0.2, 0.25) is 0 Å². The predicted molar refractivity (Wildman–Crippen MR) is 63.8 cm³/mol. The molecule has 1 rings (SSSR count). The lowest BCUT2D eigenvalue weighted by Crippen LogP contribution is -2.25. The first-order chi connectivity index (χ1) is 8.32. The van der Waals surface area contributed by atoms with Gasteiger partial charge in [0, 0.05) is 11.8 Å². The van der Waals surface area contributed by atoms with E-state index < -0.39 is 22.7 Å². The summed E-state index contributed by atoms with van der Waals surface area (Å²) in [5.74, 6) is -1.51. The van der Waals surface area contributed by atoms with Crippen molar-refractivity contribution < 1.29 is 19.6 Å². The van der Waals surface area contributed by atoms with E-state index in [0.717, 1.165) is 0 Å². The molecule has 0 aliphatic heterocycles. The van der Waals surface area contributed by atoms with Crippen molar-refractivity contribution in [3.05, 3.63) is 33.9 Å². The monoisotopic (exact) mass is 252 g/mol. The van der Waals surface area contributed by atoms with Crippen molar-refractivity contribution in [2.75, 3.05) is 5.32 Å². The predicted octanol–water partition coefficient (Wildman–Crippen LogP) is 1.68. The lowest BCUT2D eigenvalue weighted by atomic mass is 10.1. The summed E-state index contributed by atoms with van der Waals surface area (Å²) in [6.07, 6.45) is 0. The summed E-state index contributed by atoms with van der Waals surface area (Å²) in [6, 6.07) is 2.96. The Labute approximate surface area is 103 Å². The highest BCUT2D eigenvalue weighted by Crippen LogP contribution is 2.23. The molecule has 0 bridgehead atoms. The van der Waals surface area contributed by atoms with Gasteiger partial charge in [-0.1, -0.05) is 0 Å². The summed E-state index contributed by atoms with van der Waals surface area (Å²) in [5.41, 5.74) is -0.000633. The minimum atomic E-state index is -1.06. The van der Waals surface area contributed by atoms with Gasteiger partial charge in [-0.25, -0.2) is 0 Å². The van der Waals surface area contributed by atoms with Crippen LogP contribution in [0.5, 0.6) is 0 Å². The number of carbonyl (C=O) groups excluding carboxylic acids is 1. The van der Waals surface area contributed by atoms with Gasteiger partial charge in [0.15, 0.2) is 5.78 Å². The summed E-state index contributed by atoms with van der Waals surface area (Å²) < 4.78 is 0. The molecule has 0 saturated heterocycles. The Morgan fingerprint density at radius 3 is 2.50 bits per heavy atom. The van der Waals surface area contributed by atoms with E-state index in [1.54, 1.807) is 0 Å². The second-order valence-corrected chi connectivity index (χ2v) is 3.75. The summed E-state index contributed by atoms with van der Waals surface area (Å²) in [7, 11) is 0. The van der Waals surface area contributed by atoms with Crippen LogP contribution in [0.1, 0.15) is 24.2 Å².